The Bertz CT molecular complexity index is 175. The summed E-state index contributed by atoms with van der Waals surface area (Å²) in [6, 6.07) is 0. The lowest BCUT2D eigenvalue weighted by Crippen LogP contribution is -2.31. The van der Waals surface area contributed by atoms with Gasteiger partial charge in [-0.15, -0.1) is 0 Å². The maximum Gasteiger partial charge on any atom is 0.325 e. The van der Waals surface area contributed by atoms with Crippen LogP contribution in [0.1, 0.15) is 12.8 Å². The predicted octanol–water partition coefficient (Wildman–Crippen LogP) is -0.314. The van der Waals surface area contributed by atoms with Crippen molar-refractivity contribution in [3.8, 4) is 0 Å². The minimum Gasteiger partial charge on any atom is -0.468 e. The molecule has 4 nitrogen and oxygen atoms in total. The highest BCUT2D eigenvalue weighted by molar-refractivity contribution is 5.84. The van der Waals surface area contributed by atoms with Crippen LogP contribution in [0.2, 0.25) is 0 Å². The molecule has 0 unspecified atom stereocenters. The molecule has 0 saturated heterocycles. The van der Waals surface area contributed by atoms with Crippen LogP contribution in [0, 0.1) is 5.92 Å². The SMILES string of the molecule is COC(=O)CNC(=O)C1CC1. The van der Waals surface area contributed by atoms with Crippen molar-refractivity contribution < 1.29 is 14.3 Å². The summed E-state index contributed by atoms with van der Waals surface area (Å²) < 4.78 is 4.35. The van der Waals surface area contributed by atoms with Crippen molar-refractivity contribution in [3.63, 3.8) is 0 Å². The van der Waals surface area contributed by atoms with Gasteiger partial charge in [0.1, 0.15) is 6.54 Å². The van der Waals surface area contributed by atoms with Crippen LogP contribution in [0.15, 0.2) is 0 Å². The normalized spacial score (nSPS) is 15.7. The van der Waals surface area contributed by atoms with E-state index in [4.69, 9.17) is 0 Å². The Morgan fingerprint density at radius 3 is 2.64 bits per heavy atom. The number of rotatable bonds is 3. The Hall–Kier alpha value is -1.06. The van der Waals surface area contributed by atoms with E-state index >= 15 is 0 Å². The van der Waals surface area contributed by atoms with Gasteiger partial charge in [0.25, 0.3) is 0 Å². The lowest BCUT2D eigenvalue weighted by atomic mass is 10.4. The second kappa shape index (κ2) is 3.37. The number of esters is 1. The molecule has 0 aromatic rings. The Labute approximate surface area is 64.9 Å². The number of carbonyl (C=O) groups is 2. The highest BCUT2D eigenvalue weighted by Gasteiger charge is 2.29. The van der Waals surface area contributed by atoms with E-state index in [1.165, 1.54) is 7.11 Å². The lowest BCUT2D eigenvalue weighted by Gasteiger charge is -2.00. The van der Waals surface area contributed by atoms with E-state index in [1.807, 2.05) is 0 Å². The second-order valence-corrected chi connectivity index (χ2v) is 2.57. The first-order valence-corrected chi connectivity index (χ1v) is 3.58. The van der Waals surface area contributed by atoms with Gasteiger partial charge < -0.3 is 10.1 Å². The molecule has 1 N–H and O–H groups in total. The maximum absolute atomic E-state index is 10.9. The largest absolute Gasteiger partial charge is 0.468 e. The quantitative estimate of drug-likeness (QED) is 0.571. The van der Waals surface area contributed by atoms with E-state index in [0.29, 0.717) is 0 Å². The third kappa shape index (κ3) is 2.57. The zero-order valence-electron chi connectivity index (χ0n) is 6.42. The van der Waals surface area contributed by atoms with Crippen molar-refractivity contribution in [1.29, 1.82) is 0 Å². The van der Waals surface area contributed by atoms with Crippen LogP contribution in [0.5, 0.6) is 0 Å². The Morgan fingerprint density at radius 1 is 1.55 bits per heavy atom. The molecule has 11 heavy (non-hydrogen) atoms. The van der Waals surface area contributed by atoms with Crippen LogP contribution >= 0.6 is 0 Å². The molecule has 0 aliphatic heterocycles. The number of amides is 1. The molecule has 1 rings (SSSR count). The van der Waals surface area contributed by atoms with Gasteiger partial charge in [-0.3, -0.25) is 9.59 Å². The fourth-order valence-electron chi connectivity index (χ4n) is 0.721. The molecule has 0 heterocycles. The molecular formula is C7H11NO3. The number of carbonyl (C=O) groups excluding carboxylic acids is 2. The topological polar surface area (TPSA) is 55.4 Å². The second-order valence-electron chi connectivity index (χ2n) is 2.57. The molecule has 0 radical (unpaired) electrons. The number of methoxy groups -OCH3 is 1. The van der Waals surface area contributed by atoms with E-state index in [1.54, 1.807) is 0 Å². The molecule has 1 amide bonds. The summed E-state index contributed by atoms with van der Waals surface area (Å²) in [4.78, 5) is 21.4. The summed E-state index contributed by atoms with van der Waals surface area (Å²) in [6.07, 6.45) is 1.90. The zero-order valence-corrected chi connectivity index (χ0v) is 6.42. The molecule has 0 aromatic heterocycles. The predicted molar refractivity (Wildman–Crippen MR) is 37.7 cm³/mol. The molecule has 0 atom stereocenters. The average Bonchev–Trinajstić information content (AvgIpc) is 2.81. The van der Waals surface area contributed by atoms with Gasteiger partial charge in [-0.1, -0.05) is 0 Å². The number of ether oxygens (including phenoxy) is 1. The van der Waals surface area contributed by atoms with Gasteiger partial charge >= 0.3 is 5.97 Å². The fourth-order valence-corrected chi connectivity index (χ4v) is 0.721. The summed E-state index contributed by atoms with van der Waals surface area (Å²) in [7, 11) is 1.30. The highest BCUT2D eigenvalue weighted by Crippen LogP contribution is 2.28. The first-order valence-electron chi connectivity index (χ1n) is 3.58. The Morgan fingerprint density at radius 2 is 2.18 bits per heavy atom. The maximum atomic E-state index is 10.9. The van der Waals surface area contributed by atoms with Crippen LogP contribution in [0.25, 0.3) is 0 Å². The first kappa shape index (κ1) is 8.04. The Balaban J connectivity index is 2.10. The standard InChI is InChI=1S/C7H11NO3/c1-11-6(9)4-8-7(10)5-2-3-5/h5H,2-4H2,1H3,(H,8,10). The highest BCUT2D eigenvalue weighted by atomic mass is 16.5. The van der Waals surface area contributed by atoms with E-state index < -0.39 is 5.97 Å². The van der Waals surface area contributed by atoms with E-state index in [0.717, 1.165) is 12.8 Å². The van der Waals surface area contributed by atoms with Crippen molar-refractivity contribution >= 4 is 11.9 Å². The van der Waals surface area contributed by atoms with E-state index in [9.17, 15) is 9.59 Å². The molecule has 0 bridgehead atoms. The third-order valence-electron chi connectivity index (χ3n) is 1.58. The third-order valence-corrected chi connectivity index (χ3v) is 1.58. The Kier molecular flexibility index (Phi) is 2.46. The lowest BCUT2D eigenvalue weighted by molar-refractivity contribution is -0.141. The molecule has 1 fully saturated rings. The van der Waals surface area contributed by atoms with E-state index in [-0.39, 0.29) is 18.4 Å². The van der Waals surface area contributed by atoms with Gasteiger partial charge in [0, 0.05) is 5.92 Å². The minimum atomic E-state index is -0.404. The monoisotopic (exact) mass is 157 g/mol. The smallest absolute Gasteiger partial charge is 0.325 e. The zero-order chi connectivity index (χ0) is 8.27. The van der Waals surface area contributed by atoms with Gasteiger partial charge in [0.05, 0.1) is 7.11 Å². The van der Waals surface area contributed by atoms with Crippen molar-refractivity contribution in [1.82, 2.24) is 5.32 Å². The molecule has 1 aliphatic rings. The summed E-state index contributed by atoms with van der Waals surface area (Å²) in [6.45, 7) is -0.00810. The summed E-state index contributed by atoms with van der Waals surface area (Å²) in [5.41, 5.74) is 0. The summed E-state index contributed by atoms with van der Waals surface area (Å²) >= 11 is 0. The number of hydrogen-bond donors (Lipinski definition) is 1. The van der Waals surface area contributed by atoms with Gasteiger partial charge in [0.15, 0.2) is 0 Å². The minimum absolute atomic E-state index is 0.00810. The average molecular weight is 157 g/mol. The fraction of sp³-hybridized carbons (Fsp3) is 0.714. The van der Waals surface area contributed by atoms with Crippen LogP contribution in [-0.4, -0.2) is 25.5 Å². The van der Waals surface area contributed by atoms with Gasteiger partial charge in [-0.05, 0) is 12.8 Å². The molecule has 62 valence electrons. The number of hydrogen-bond acceptors (Lipinski definition) is 3. The van der Waals surface area contributed by atoms with E-state index in [2.05, 4.69) is 10.1 Å². The number of nitrogens with one attached hydrogen (secondary N) is 1. The van der Waals surface area contributed by atoms with Crippen molar-refractivity contribution in [2.75, 3.05) is 13.7 Å². The van der Waals surface area contributed by atoms with Gasteiger partial charge in [0.2, 0.25) is 5.91 Å². The van der Waals surface area contributed by atoms with Crippen LogP contribution in [0.3, 0.4) is 0 Å². The molecule has 4 heteroatoms. The molecule has 0 aromatic carbocycles. The van der Waals surface area contributed by atoms with Crippen molar-refractivity contribution in [3.05, 3.63) is 0 Å². The van der Waals surface area contributed by atoms with Gasteiger partial charge in [-0.2, -0.15) is 0 Å². The van der Waals surface area contributed by atoms with Crippen LogP contribution < -0.4 is 5.32 Å². The first-order chi connectivity index (χ1) is 5.24. The van der Waals surface area contributed by atoms with Gasteiger partial charge in [-0.25, -0.2) is 0 Å². The summed E-state index contributed by atoms with van der Waals surface area (Å²) in [5.74, 6) is -0.283. The van der Waals surface area contributed by atoms with Crippen LogP contribution in [-0.2, 0) is 14.3 Å². The van der Waals surface area contributed by atoms with Crippen molar-refractivity contribution in [2.45, 2.75) is 12.8 Å². The molecule has 1 saturated carbocycles. The molecule has 0 spiro atoms. The summed E-state index contributed by atoms with van der Waals surface area (Å²) in [5, 5.41) is 2.48. The molecule has 1 aliphatic carbocycles. The molecular weight excluding hydrogens is 146 g/mol. The van der Waals surface area contributed by atoms with Crippen LogP contribution in [0.4, 0.5) is 0 Å². The van der Waals surface area contributed by atoms with Crippen molar-refractivity contribution in [2.24, 2.45) is 5.92 Å².